The number of nitrogens with zero attached hydrogens (tertiary/aromatic N) is 1. The molecule has 0 bridgehead atoms. The van der Waals surface area contributed by atoms with Crippen LogP contribution >= 0.6 is 11.3 Å². The molecule has 0 spiro atoms. The summed E-state index contributed by atoms with van der Waals surface area (Å²) in [6.07, 6.45) is -0.0504. The molecule has 0 aliphatic heterocycles. The minimum atomic E-state index is -0.872. The van der Waals surface area contributed by atoms with Crippen molar-refractivity contribution in [2.75, 3.05) is 5.32 Å². The van der Waals surface area contributed by atoms with Crippen LogP contribution in [0.5, 0.6) is 5.75 Å². The maximum atomic E-state index is 10.7. The maximum absolute atomic E-state index is 10.7. The number of carboxylic acid groups (broad SMARTS) is 1. The molecule has 0 aliphatic carbocycles. The number of aliphatic carboxylic acids is 1. The van der Waals surface area contributed by atoms with Crippen molar-refractivity contribution in [3.63, 3.8) is 0 Å². The zero-order chi connectivity index (χ0) is 18.4. The zero-order valence-corrected chi connectivity index (χ0v) is 15.3. The van der Waals surface area contributed by atoms with Crippen molar-refractivity contribution >= 4 is 22.4 Å². The Morgan fingerprint density at radius 2 is 1.81 bits per heavy atom. The molecule has 2 aromatic carbocycles. The largest absolute Gasteiger partial charge is 0.489 e. The first-order chi connectivity index (χ1) is 12.6. The van der Waals surface area contributed by atoms with Gasteiger partial charge in [0.2, 0.25) is 0 Å². The maximum Gasteiger partial charge on any atom is 0.309 e. The quantitative estimate of drug-likeness (QED) is 0.621. The number of ether oxygens (including phenoxy) is 1. The lowest BCUT2D eigenvalue weighted by Gasteiger charge is -2.08. The van der Waals surface area contributed by atoms with E-state index in [9.17, 15) is 4.79 Å². The lowest BCUT2D eigenvalue weighted by molar-refractivity contribution is -0.136. The number of thiazole rings is 1. The molecule has 0 amide bonds. The lowest BCUT2D eigenvalue weighted by atomic mass is 10.2. The van der Waals surface area contributed by atoms with Crippen molar-refractivity contribution < 1.29 is 14.6 Å². The van der Waals surface area contributed by atoms with E-state index in [2.05, 4.69) is 41.5 Å². The van der Waals surface area contributed by atoms with E-state index in [0.717, 1.165) is 22.0 Å². The van der Waals surface area contributed by atoms with Crippen LogP contribution < -0.4 is 10.1 Å². The molecule has 2 N–H and O–H groups in total. The second-order valence-electron chi connectivity index (χ2n) is 5.99. The molecule has 134 valence electrons. The highest BCUT2D eigenvalue weighted by Gasteiger charge is 2.06. The third kappa shape index (κ3) is 5.32. The number of nitrogens with one attached hydrogen (secondary N) is 1. The van der Waals surface area contributed by atoms with E-state index in [0.29, 0.717) is 18.8 Å². The second kappa shape index (κ2) is 8.49. The van der Waals surface area contributed by atoms with E-state index in [4.69, 9.17) is 9.84 Å². The molecule has 3 aromatic rings. The van der Waals surface area contributed by atoms with Gasteiger partial charge < -0.3 is 15.2 Å². The van der Waals surface area contributed by atoms with Crippen molar-refractivity contribution in [1.29, 1.82) is 0 Å². The van der Waals surface area contributed by atoms with Gasteiger partial charge in [0.1, 0.15) is 12.4 Å². The van der Waals surface area contributed by atoms with Gasteiger partial charge in [-0.1, -0.05) is 42.0 Å². The molecule has 0 fully saturated rings. The molecule has 0 radical (unpaired) electrons. The van der Waals surface area contributed by atoms with E-state index >= 15 is 0 Å². The average Bonchev–Trinajstić information content (AvgIpc) is 3.07. The van der Waals surface area contributed by atoms with Gasteiger partial charge in [-0.2, -0.15) is 0 Å². The van der Waals surface area contributed by atoms with Crippen molar-refractivity contribution in [3.05, 3.63) is 76.3 Å². The van der Waals surface area contributed by atoms with Crippen LogP contribution in [0, 0.1) is 6.92 Å². The molecule has 26 heavy (non-hydrogen) atoms. The SMILES string of the molecule is Cc1ccc(COc2ccc(CNc3nc(CC(=O)O)cs3)cc2)cc1. The number of anilines is 1. The van der Waals surface area contributed by atoms with Crippen LogP contribution in [0.2, 0.25) is 0 Å². The van der Waals surface area contributed by atoms with Crippen LogP contribution in [0.25, 0.3) is 0 Å². The molecule has 1 aromatic heterocycles. The minimum Gasteiger partial charge on any atom is -0.489 e. The standard InChI is InChI=1S/C20H20N2O3S/c1-14-2-4-16(5-3-14)12-25-18-8-6-15(7-9-18)11-21-20-22-17(13-26-20)10-19(23)24/h2-9,13H,10-12H2,1H3,(H,21,22)(H,23,24). The Kier molecular flexibility index (Phi) is 5.86. The summed E-state index contributed by atoms with van der Waals surface area (Å²) >= 11 is 1.41. The van der Waals surface area contributed by atoms with Crippen LogP contribution in [-0.4, -0.2) is 16.1 Å². The minimum absolute atomic E-state index is 0.0504. The molecule has 0 saturated heterocycles. The van der Waals surface area contributed by atoms with Crippen molar-refractivity contribution in [3.8, 4) is 5.75 Å². The fourth-order valence-electron chi connectivity index (χ4n) is 2.36. The first kappa shape index (κ1) is 17.9. The summed E-state index contributed by atoms with van der Waals surface area (Å²) in [5.41, 5.74) is 4.05. The summed E-state index contributed by atoms with van der Waals surface area (Å²) in [6.45, 7) is 3.23. The van der Waals surface area contributed by atoms with Gasteiger partial charge in [-0.25, -0.2) is 4.98 Å². The molecule has 5 nitrogen and oxygen atoms in total. The topological polar surface area (TPSA) is 71.5 Å². The highest BCUT2D eigenvalue weighted by molar-refractivity contribution is 7.13. The van der Waals surface area contributed by atoms with E-state index in [-0.39, 0.29) is 6.42 Å². The summed E-state index contributed by atoms with van der Waals surface area (Å²) in [5.74, 6) is -0.0459. The Labute approximate surface area is 156 Å². The van der Waals surface area contributed by atoms with E-state index in [1.165, 1.54) is 16.9 Å². The summed E-state index contributed by atoms with van der Waals surface area (Å²) in [6, 6.07) is 16.2. The smallest absolute Gasteiger partial charge is 0.309 e. The molecule has 1 heterocycles. The van der Waals surface area contributed by atoms with Gasteiger partial charge in [0.25, 0.3) is 0 Å². The third-order valence-corrected chi connectivity index (χ3v) is 4.63. The predicted octanol–water partition coefficient (Wildman–Crippen LogP) is 4.27. The van der Waals surface area contributed by atoms with Gasteiger partial charge in [-0.15, -0.1) is 11.3 Å². The Hall–Kier alpha value is -2.86. The number of benzene rings is 2. The second-order valence-corrected chi connectivity index (χ2v) is 6.84. The average molecular weight is 368 g/mol. The zero-order valence-electron chi connectivity index (χ0n) is 14.4. The van der Waals surface area contributed by atoms with E-state index < -0.39 is 5.97 Å². The molecular weight excluding hydrogens is 348 g/mol. The van der Waals surface area contributed by atoms with Crippen LogP contribution in [0.4, 0.5) is 5.13 Å². The fraction of sp³-hybridized carbons (Fsp3) is 0.200. The number of hydrogen-bond donors (Lipinski definition) is 2. The van der Waals surface area contributed by atoms with Gasteiger partial charge in [0.15, 0.2) is 5.13 Å². The Morgan fingerprint density at radius 3 is 2.50 bits per heavy atom. The number of rotatable bonds is 8. The van der Waals surface area contributed by atoms with Gasteiger partial charge in [-0.05, 0) is 30.2 Å². The monoisotopic (exact) mass is 368 g/mol. The highest BCUT2D eigenvalue weighted by atomic mass is 32.1. The Morgan fingerprint density at radius 1 is 1.12 bits per heavy atom. The molecule has 6 heteroatoms. The summed E-state index contributed by atoms with van der Waals surface area (Å²) in [5, 5.41) is 14.5. The first-order valence-corrected chi connectivity index (χ1v) is 9.14. The molecule has 3 rings (SSSR count). The Bertz CT molecular complexity index is 858. The van der Waals surface area contributed by atoms with E-state index in [1.807, 2.05) is 24.3 Å². The van der Waals surface area contributed by atoms with Gasteiger partial charge in [0, 0.05) is 11.9 Å². The fourth-order valence-corrected chi connectivity index (χ4v) is 3.07. The number of hydrogen-bond acceptors (Lipinski definition) is 5. The highest BCUT2D eigenvalue weighted by Crippen LogP contribution is 2.18. The van der Waals surface area contributed by atoms with E-state index in [1.54, 1.807) is 5.38 Å². The van der Waals surface area contributed by atoms with Gasteiger partial charge >= 0.3 is 5.97 Å². The van der Waals surface area contributed by atoms with Crippen molar-refractivity contribution in [2.24, 2.45) is 0 Å². The number of carbonyl (C=O) groups is 1. The van der Waals surface area contributed by atoms with Crippen LogP contribution in [0.1, 0.15) is 22.4 Å². The first-order valence-electron chi connectivity index (χ1n) is 8.26. The number of carboxylic acids is 1. The van der Waals surface area contributed by atoms with Crippen LogP contribution in [0.3, 0.4) is 0 Å². The predicted molar refractivity (Wildman–Crippen MR) is 103 cm³/mol. The molecule has 0 saturated carbocycles. The molecule has 0 atom stereocenters. The summed E-state index contributed by atoms with van der Waals surface area (Å²) in [4.78, 5) is 14.9. The van der Waals surface area contributed by atoms with Crippen LogP contribution in [-0.2, 0) is 24.4 Å². The molecule has 0 unspecified atom stereocenters. The molecule has 0 aliphatic rings. The normalized spacial score (nSPS) is 10.5. The van der Waals surface area contributed by atoms with Crippen molar-refractivity contribution in [2.45, 2.75) is 26.5 Å². The summed E-state index contributed by atoms with van der Waals surface area (Å²) < 4.78 is 5.80. The van der Waals surface area contributed by atoms with Gasteiger partial charge in [-0.3, -0.25) is 4.79 Å². The number of aromatic nitrogens is 1. The summed E-state index contributed by atoms with van der Waals surface area (Å²) in [7, 11) is 0. The Balaban J connectivity index is 1.48. The molecular formula is C20H20N2O3S. The number of aryl methyl sites for hydroxylation is 1. The third-order valence-electron chi connectivity index (χ3n) is 3.78. The van der Waals surface area contributed by atoms with Crippen molar-refractivity contribution in [1.82, 2.24) is 4.98 Å². The van der Waals surface area contributed by atoms with Crippen LogP contribution in [0.15, 0.2) is 53.9 Å². The van der Waals surface area contributed by atoms with Gasteiger partial charge in [0.05, 0.1) is 12.1 Å². The lowest BCUT2D eigenvalue weighted by Crippen LogP contribution is -2.02.